The molecule has 296 valence electrons. The summed E-state index contributed by atoms with van der Waals surface area (Å²) in [6.07, 6.45) is 0.553. The molecule has 0 aliphatic rings. The Balaban J connectivity index is 1.67. The van der Waals surface area contributed by atoms with Crippen molar-refractivity contribution < 1.29 is 70.8 Å². The van der Waals surface area contributed by atoms with Crippen LogP contribution in [0.5, 0.6) is 17.2 Å². The van der Waals surface area contributed by atoms with Crippen molar-refractivity contribution in [1.29, 1.82) is 0 Å². The van der Waals surface area contributed by atoms with Crippen LogP contribution in [-0.2, 0) is 54.6 Å². The fourth-order valence-electron chi connectivity index (χ4n) is 3.71. The number of carbonyl (C=O) groups is 6. The minimum Gasteiger partial charge on any atom is -0.459 e. The van der Waals surface area contributed by atoms with Gasteiger partial charge in [-0.3, -0.25) is 16.0 Å². The standard InChI is InChI=1S/C36H36N3O15PS/c1-4-31(40)46-19-22-49-34(43)37-25-7-13-28(14-8-25)52-55(56,53-29-15-9-26(10-16-29)38-35(44)50-23-20-47-32(41)5-2)54-30-17-11-27(12-18-30)39-36(45)51-24-21-48-33(42)6-3/h4-18H,1-3,19-24H2,(H,37,43)(H,38,44)(H,39,45). The highest BCUT2D eigenvalue weighted by molar-refractivity contribution is 8.08. The zero-order chi connectivity index (χ0) is 40.8. The second kappa shape index (κ2) is 23.0. The van der Waals surface area contributed by atoms with E-state index in [9.17, 15) is 28.8 Å². The molecule has 0 aliphatic heterocycles. The molecular formula is C36H36N3O15PS. The Kier molecular flexibility index (Phi) is 17.9. The van der Waals surface area contributed by atoms with E-state index < -0.39 is 42.9 Å². The van der Waals surface area contributed by atoms with Crippen molar-refractivity contribution in [1.82, 2.24) is 0 Å². The van der Waals surface area contributed by atoms with Crippen LogP contribution in [0.4, 0.5) is 31.4 Å². The first-order valence-corrected chi connectivity index (χ1v) is 18.6. The van der Waals surface area contributed by atoms with Crippen molar-refractivity contribution in [3.05, 3.63) is 111 Å². The third kappa shape index (κ3) is 16.9. The maximum absolute atomic E-state index is 12.1. The minimum absolute atomic E-state index is 0.152. The number of nitrogens with one attached hydrogen (secondary N) is 3. The topological polar surface area (TPSA) is 222 Å². The molecule has 0 saturated carbocycles. The van der Waals surface area contributed by atoms with Gasteiger partial charge in [0.1, 0.15) is 56.9 Å². The van der Waals surface area contributed by atoms with E-state index in [1.54, 1.807) is 0 Å². The van der Waals surface area contributed by atoms with Gasteiger partial charge in [-0.25, -0.2) is 28.8 Å². The van der Waals surface area contributed by atoms with Crippen LogP contribution < -0.4 is 29.5 Å². The molecule has 0 fully saturated rings. The van der Waals surface area contributed by atoms with Gasteiger partial charge in [0, 0.05) is 47.1 Å². The lowest BCUT2D eigenvalue weighted by molar-refractivity contribution is -0.139. The van der Waals surface area contributed by atoms with Crippen molar-refractivity contribution in [2.75, 3.05) is 55.6 Å². The molecule has 3 amide bonds. The number of rotatable bonds is 21. The summed E-state index contributed by atoms with van der Waals surface area (Å²) in [6.45, 7) is 5.06. The molecule has 3 N–H and O–H groups in total. The van der Waals surface area contributed by atoms with Crippen LogP contribution in [0.2, 0.25) is 0 Å². The third-order valence-electron chi connectivity index (χ3n) is 6.14. The van der Waals surface area contributed by atoms with E-state index in [0.717, 1.165) is 18.2 Å². The zero-order valence-electron chi connectivity index (χ0n) is 29.5. The highest BCUT2D eigenvalue weighted by Crippen LogP contribution is 2.50. The number of amides is 3. The smallest absolute Gasteiger partial charge is 0.459 e. The summed E-state index contributed by atoms with van der Waals surface area (Å²) in [4.78, 5) is 69.7. The van der Waals surface area contributed by atoms with Crippen LogP contribution in [0.3, 0.4) is 0 Å². The largest absolute Gasteiger partial charge is 0.490 e. The summed E-state index contributed by atoms with van der Waals surface area (Å²) in [7, 11) is 0. The van der Waals surface area contributed by atoms with Crippen molar-refractivity contribution in [2.24, 2.45) is 0 Å². The monoisotopic (exact) mass is 813 g/mol. The van der Waals surface area contributed by atoms with Crippen LogP contribution in [0.15, 0.2) is 111 Å². The van der Waals surface area contributed by atoms with Gasteiger partial charge in [-0.15, -0.1) is 0 Å². The average Bonchev–Trinajstić information content (AvgIpc) is 3.18. The predicted molar refractivity (Wildman–Crippen MR) is 204 cm³/mol. The summed E-state index contributed by atoms with van der Waals surface area (Å²) in [5.74, 6) is -1.36. The third-order valence-corrected chi connectivity index (χ3v) is 8.11. The molecule has 18 nitrogen and oxygen atoms in total. The number of anilines is 3. The highest BCUT2D eigenvalue weighted by Gasteiger charge is 2.27. The maximum atomic E-state index is 12.1. The van der Waals surface area contributed by atoms with Crippen LogP contribution in [0.1, 0.15) is 0 Å². The molecule has 0 bridgehead atoms. The molecule has 0 heterocycles. The molecule has 3 rings (SSSR count). The summed E-state index contributed by atoms with van der Waals surface area (Å²) >= 11 is 5.76. The summed E-state index contributed by atoms with van der Waals surface area (Å²) < 4.78 is 47.3. The predicted octanol–water partition coefficient (Wildman–Crippen LogP) is 6.28. The molecule has 20 heteroatoms. The van der Waals surface area contributed by atoms with Gasteiger partial charge in [-0.05, 0) is 72.8 Å². The lowest BCUT2D eigenvalue weighted by atomic mass is 10.3. The van der Waals surface area contributed by atoms with Crippen LogP contribution >= 0.6 is 6.72 Å². The van der Waals surface area contributed by atoms with E-state index in [4.69, 9.17) is 53.8 Å². The van der Waals surface area contributed by atoms with Crippen molar-refractivity contribution in [2.45, 2.75) is 0 Å². The first-order chi connectivity index (χ1) is 26.9. The van der Waals surface area contributed by atoms with Crippen LogP contribution in [0, 0.1) is 0 Å². The number of hydrogen-bond acceptors (Lipinski definition) is 16. The summed E-state index contributed by atoms with van der Waals surface area (Å²) in [5.41, 5.74) is 0.998. The van der Waals surface area contributed by atoms with Gasteiger partial charge in [0.05, 0.1) is 0 Å². The molecule has 0 spiro atoms. The molecule has 0 unspecified atom stereocenters. The SMILES string of the molecule is C=CC(=O)OCCOC(=O)Nc1ccc(OP(=S)(Oc2ccc(NC(=O)OCCOC(=O)C=C)cc2)Oc2ccc(NC(=O)OCCOC(=O)C=C)cc2)cc1. The molecule has 0 aromatic heterocycles. The van der Waals surface area contributed by atoms with Crippen molar-refractivity contribution in [3.8, 4) is 17.2 Å². The summed E-state index contributed by atoms with van der Waals surface area (Å²) in [5, 5.41) is 7.54. The Morgan fingerprint density at radius 2 is 0.679 bits per heavy atom. The number of hydrogen-bond donors (Lipinski definition) is 3. The lowest BCUT2D eigenvalue weighted by Gasteiger charge is -2.23. The molecule has 3 aromatic rings. The molecule has 0 aliphatic carbocycles. The fourth-order valence-corrected chi connectivity index (χ4v) is 5.74. The van der Waals surface area contributed by atoms with Gasteiger partial charge in [0.25, 0.3) is 0 Å². The van der Waals surface area contributed by atoms with Gasteiger partial charge in [0.15, 0.2) is 0 Å². The average molecular weight is 814 g/mol. The van der Waals surface area contributed by atoms with E-state index in [2.05, 4.69) is 35.7 Å². The normalized spacial score (nSPS) is 10.2. The molecular weight excluding hydrogens is 777 g/mol. The Bertz CT molecular complexity index is 1690. The molecule has 56 heavy (non-hydrogen) atoms. The Morgan fingerprint density at radius 1 is 0.446 bits per heavy atom. The molecule has 0 atom stereocenters. The van der Waals surface area contributed by atoms with Crippen LogP contribution in [0.25, 0.3) is 0 Å². The van der Waals surface area contributed by atoms with Gasteiger partial charge >= 0.3 is 42.9 Å². The van der Waals surface area contributed by atoms with Gasteiger partial charge < -0.3 is 42.0 Å². The Labute approximate surface area is 325 Å². The van der Waals surface area contributed by atoms with E-state index in [0.29, 0.717) is 17.1 Å². The van der Waals surface area contributed by atoms with E-state index in [1.807, 2.05) is 0 Å². The quantitative estimate of drug-likeness (QED) is 0.0354. The minimum atomic E-state index is -3.75. The molecule has 0 radical (unpaired) electrons. The maximum Gasteiger partial charge on any atom is 0.490 e. The van der Waals surface area contributed by atoms with Crippen molar-refractivity contribution in [3.63, 3.8) is 0 Å². The van der Waals surface area contributed by atoms with Gasteiger partial charge in [0.2, 0.25) is 0 Å². The van der Waals surface area contributed by atoms with E-state index in [-0.39, 0.29) is 56.9 Å². The van der Waals surface area contributed by atoms with E-state index in [1.165, 1.54) is 72.8 Å². The molecule has 0 saturated heterocycles. The van der Waals surface area contributed by atoms with E-state index >= 15 is 0 Å². The highest BCUT2D eigenvalue weighted by atomic mass is 32.5. The summed E-state index contributed by atoms with van der Waals surface area (Å²) in [6, 6.07) is 17.9. The molecule has 3 aromatic carbocycles. The first-order valence-electron chi connectivity index (χ1n) is 16.1. The second-order valence-electron chi connectivity index (χ2n) is 10.2. The number of esters is 3. The fraction of sp³-hybridized carbons (Fsp3) is 0.167. The van der Waals surface area contributed by atoms with Gasteiger partial charge in [-0.2, -0.15) is 0 Å². The zero-order valence-corrected chi connectivity index (χ0v) is 31.2. The van der Waals surface area contributed by atoms with Crippen molar-refractivity contribution >= 4 is 71.8 Å². The Morgan fingerprint density at radius 3 is 0.911 bits per heavy atom. The Hall–Kier alpha value is -6.85. The number of benzene rings is 3. The number of ether oxygens (including phenoxy) is 6. The second-order valence-corrected chi connectivity index (χ2v) is 13.0. The first kappa shape index (κ1) is 43.6. The van der Waals surface area contributed by atoms with Gasteiger partial charge in [-0.1, -0.05) is 19.7 Å². The van der Waals surface area contributed by atoms with Crippen LogP contribution in [-0.4, -0.2) is 75.8 Å². The number of carbonyl (C=O) groups excluding carboxylic acids is 6. The lowest BCUT2D eigenvalue weighted by Crippen LogP contribution is -2.17.